The molecule has 1 unspecified atom stereocenters. The molecule has 52 valence electrons. The molecule has 3 nitrogen and oxygen atoms in total. The average molecular weight is 130 g/mol. The van der Waals surface area contributed by atoms with E-state index in [2.05, 4.69) is 0 Å². The van der Waals surface area contributed by atoms with Crippen molar-refractivity contribution in [1.82, 2.24) is 0 Å². The maximum Gasteiger partial charge on any atom is 0.307 e. The van der Waals surface area contributed by atoms with E-state index in [4.69, 9.17) is 10.2 Å². The molecule has 2 N–H and O–H groups in total. The van der Waals surface area contributed by atoms with Gasteiger partial charge in [0.2, 0.25) is 0 Å². The zero-order chi connectivity index (χ0) is 7.28. The Labute approximate surface area is 53.6 Å². The van der Waals surface area contributed by atoms with E-state index in [1.165, 1.54) is 12.2 Å². The Hall–Kier alpha value is -0.830. The number of carboxylic acids is 1. The summed E-state index contributed by atoms with van der Waals surface area (Å²) >= 11 is 0. The van der Waals surface area contributed by atoms with Crippen molar-refractivity contribution in [3.05, 3.63) is 12.2 Å². The van der Waals surface area contributed by atoms with Crippen LogP contribution >= 0.6 is 0 Å². The van der Waals surface area contributed by atoms with Gasteiger partial charge >= 0.3 is 5.97 Å². The molecule has 0 spiro atoms. The second-order valence-corrected chi connectivity index (χ2v) is 1.77. The lowest BCUT2D eigenvalue weighted by molar-refractivity contribution is -0.136. The maximum atomic E-state index is 9.85. The van der Waals surface area contributed by atoms with E-state index in [9.17, 15) is 4.79 Å². The second-order valence-electron chi connectivity index (χ2n) is 1.77. The summed E-state index contributed by atoms with van der Waals surface area (Å²) in [5.41, 5.74) is 0. The Morgan fingerprint density at radius 1 is 1.78 bits per heavy atom. The number of aliphatic carboxylic acids is 1. The molecule has 1 atom stereocenters. The highest BCUT2D eigenvalue weighted by molar-refractivity contribution is 5.68. The Kier molecular flexibility index (Phi) is 3.71. The predicted molar refractivity (Wildman–Crippen MR) is 33.1 cm³/mol. The molecule has 0 bridgehead atoms. The quantitative estimate of drug-likeness (QED) is 0.543. The predicted octanol–water partition coefficient (Wildman–Crippen LogP) is 0.398. The van der Waals surface area contributed by atoms with Gasteiger partial charge in [-0.25, -0.2) is 0 Å². The molecule has 0 aliphatic rings. The lowest BCUT2D eigenvalue weighted by atomic mass is 10.3. The summed E-state index contributed by atoms with van der Waals surface area (Å²) in [5.74, 6) is -0.882. The van der Waals surface area contributed by atoms with Crippen LogP contribution in [0.25, 0.3) is 0 Å². The van der Waals surface area contributed by atoms with Gasteiger partial charge in [-0.1, -0.05) is 12.2 Å². The van der Waals surface area contributed by atoms with Crippen molar-refractivity contribution in [3.8, 4) is 0 Å². The van der Waals surface area contributed by atoms with Crippen LogP contribution in [-0.4, -0.2) is 22.3 Å². The molecule has 0 aliphatic carbocycles. The van der Waals surface area contributed by atoms with Crippen LogP contribution in [0, 0.1) is 0 Å². The van der Waals surface area contributed by atoms with Crippen LogP contribution in [0.15, 0.2) is 12.2 Å². The highest BCUT2D eigenvalue weighted by atomic mass is 16.4. The molecular formula is C6H10O3. The molecule has 0 fully saturated rings. The van der Waals surface area contributed by atoms with Gasteiger partial charge in [-0.3, -0.25) is 4.79 Å². The SMILES string of the molecule is CC(O)/C=C/CC(=O)O. The molecule has 0 aliphatic heterocycles. The van der Waals surface area contributed by atoms with E-state index >= 15 is 0 Å². The fourth-order valence-corrected chi connectivity index (χ4v) is 0.366. The lowest BCUT2D eigenvalue weighted by Gasteiger charge is -1.90. The first-order valence-corrected chi connectivity index (χ1v) is 2.69. The van der Waals surface area contributed by atoms with Gasteiger partial charge in [0.25, 0.3) is 0 Å². The van der Waals surface area contributed by atoms with E-state index < -0.39 is 12.1 Å². The van der Waals surface area contributed by atoms with Gasteiger partial charge in [-0.05, 0) is 6.92 Å². The van der Waals surface area contributed by atoms with Crippen LogP contribution in [0.4, 0.5) is 0 Å². The van der Waals surface area contributed by atoms with E-state index in [0.717, 1.165) is 0 Å². The normalized spacial score (nSPS) is 14.0. The number of carbonyl (C=O) groups is 1. The summed E-state index contributed by atoms with van der Waals surface area (Å²) in [5, 5.41) is 16.7. The van der Waals surface area contributed by atoms with Gasteiger partial charge in [0.1, 0.15) is 0 Å². The highest BCUT2D eigenvalue weighted by Crippen LogP contribution is 1.86. The molecule has 0 radical (unpaired) electrons. The van der Waals surface area contributed by atoms with Crippen molar-refractivity contribution in [2.75, 3.05) is 0 Å². The third-order valence-corrected chi connectivity index (χ3v) is 0.707. The van der Waals surface area contributed by atoms with Crippen molar-refractivity contribution in [2.24, 2.45) is 0 Å². The number of carboxylic acid groups (broad SMARTS) is 1. The summed E-state index contributed by atoms with van der Waals surface area (Å²) in [4.78, 5) is 9.85. The minimum absolute atomic E-state index is 0.0229. The first-order valence-electron chi connectivity index (χ1n) is 2.69. The summed E-state index contributed by atoms with van der Waals surface area (Å²) in [6, 6.07) is 0. The van der Waals surface area contributed by atoms with Crippen LogP contribution in [0.5, 0.6) is 0 Å². The molecule has 0 rings (SSSR count). The fraction of sp³-hybridized carbons (Fsp3) is 0.500. The van der Waals surface area contributed by atoms with Crippen LogP contribution in [-0.2, 0) is 4.79 Å². The Morgan fingerprint density at radius 2 is 2.33 bits per heavy atom. The van der Waals surface area contributed by atoms with Crippen LogP contribution in [0.2, 0.25) is 0 Å². The lowest BCUT2D eigenvalue weighted by Crippen LogP contribution is -1.94. The first-order chi connectivity index (χ1) is 4.13. The van der Waals surface area contributed by atoms with Gasteiger partial charge in [-0.2, -0.15) is 0 Å². The summed E-state index contributed by atoms with van der Waals surface area (Å²) in [7, 11) is 0. The van der Waals surface area contributed by atoms with Crippen molar-refractivity contribution in [1.29, 1.82) is 0 Å². The molecule has 0 aromatic heterocycles. The third-order valence-electron chi connectivity index (χ3n) is 0.707. The van der Waals surface area contributed by atoms with E-state index in [0.29, 0.717) is 0 Å². The van der Waals surface area contributed by atoms with E-state index in [-0.39, 0.29) is 6.42 Å². The highest BCUT2D eigenvalue weighted by Gasteiger charge is 1.90. The zero-order valence-electron chi connectivity index (χ0n) is 5.24. The Bertz CT molecular complexity index is 115. The number of hydrogen-bond acceptors (Lipinski definition) is 2. The summed E-state index contributed by atoms with van der Waals surface area (Å²) in [6.45, 7) is 1.57. The zero-order valence-corrected chi connectivity index (χ0v) is 5.24. The van der Waals surface area contributed by atoms with Crippen molar-refractivity contribution < 1.29 is 15.0 Å². The number of aliphatic hydroxyl groups is 1. The monoisotopic (exact) mass is 130 g/mol. The topological polar surface area (TPSA) is 57.5 Å². The summed E-state index contributed by atoms with van der Waals surface area (Å²) in [6.07, 6.45) is 2.29. The number of aliphatic hydroxyl groups excluding tert-OH is 1. The Morgan fingerprint density at radius 3 is 2.67 bits per heavy atom. The van der Waals surface area contributed by atoms with Gasteiger partial charge in [0.05, 0.1) is 12.5 Å². The van der Waals surface area contributed by atoms with Crippen LogP contribution in [0.1, 0.15) is 13.3 Å². The van der Waals surface area contributed by atoms with Crippen molar-refractivity contribution in [3.63, 3.8) is 0 Å². The van der Waals surface area contributed by atoms with Crippen molar-refractivity contribution in [2.45, 2.75) is 19.4 Å². The molecule has 9 heavy (non-hydrogen) atoms. The number of hydrogen-bond donors (Lipinski definition) is 2. The van der Waals surface area contributed by atoms with Gasteiger partial charge in [0, 0.05) is 0 Å². The molecular weight excluding hydrogens is 120 g/mol. The third kappa shape index (κ3) is 7.17. The van der Waals surface area contributed by atoms with Crippen LogP contribution < -0.4 is 0 Å². The maximum absolute atomic E-state index is 9.85. The molecule has 0 aromatic rings. The largest absolute Gasteiger partial charge is 0.481 e. The van der Waals surface area contributed by atoms with Crippen LogP contribution in [0.3, 0.4) is 0 Å². The second kappa shape index (κ2) is 4.09. The van der Waals surface area contributed by atoms with E-state index in [1.54, 1.807) is 6.92 Å². The number of rotatable bonds is 3. The fourth-order valence-electron chi connectivity index (χ4n) is 0.366. The Balaban J connectivity index is 3.36. The van der Waals surface area contributed by atoms with Crippen molar-refractivity contribution >= 4 is 5.97 Å². The minimum Gasteiger partial charge on any atom is -0.481 e. The van der Waals surface area contributed by atoms with Gasteiger partial charge < -0.3 is 10.2 Å². The smallest absolute Gasteiger partial charge is 0.307 e. The summed E-state index contributed by atoms with van der Waals surface area (Å²) < 4.78 is 0. The van der Waals surface area contributed by atoms with Gasteiger partial charge in [-0.15, -0.1) is 0 Å². The molecule has 0 saturated carbocycles. The molecule has 0 heterocycles. The molecule has 0 aromatic carbocycles. The first kappa shape index (κ1) is 8.17. The molecule has 0 amide bonds. The minimum atomic E-state index is -0.882. The van der Waals surface area contributed by atoms with E-state index in [1.807, 2.05) is 0 Å². The van der Waals surface area contributed by atoms with Gasteiger partial charge in [0.15, 0.2) is 0 Å². The molecule has 0 saturated heterocycles. The standard InChI is InChI=1S/C6H10O3/c1-5(7)3-2-4-6(8)9/h2-3,5,7H,4H2,1H3,(H,8,9)/b3-2+. The molecule has 3 heteroatoms. The average Bonchev–Trinajstić information content (AvgIpc) is 1.63.